The topological polar surface area (TPSA) is 147 Å². The van der Waals surface area contributed by atoms with Gasteiger partial charge in [0.15, 0.2) is 5.69 Å². The SMILES string of the molecule is CCOC1Oc2ccc(C)cc2C([O-])=C1C=Nc1c(C)n(C)n(-c2ccccc2)c1=O.O=[N+]([O-])[O-].[Cu+2]. The van der Waals surface area contributed by atoms with Crippen molar-refractivity contribution in [1.29, 1.82) is 0 Å². The molecule has 0 amide bonds. The molecule has 193 valence electrons. The number of para-hydroxylation sites is 1. The summed E-state index contributed by atoms with van der Waals surface area (Å²) >= 11 is 0. The molecule has 2 aromatic carbocycles. The number of hydrogen-bond donors (Lipinski definition) is 0. The summed E-state index contributed by atoms with van der Waals surface area (Å²) in [7, 11) is 1.80. The van der Waals surface area contributed by atoms with Gasteiger partial charge in [0.1, 0.15) is 5.75 Å². The van der Waals surface area contributed by atoms with Gasteiger partial charge < -0.3 is 29.9 Å². The Morgan fingerprint density at radius 3 is 2.42 bits per heavy atom. The Labute approximate surface area is 217 Å². The van der Waals surface area contributed by atoms with Gasteiger partial charge in [-0.05, 0) is 45.0 Å². The van der Waals surface area contributed by atoms with Crippen LogP contribution in [0.5, 0.6) is 5.75 Å². The van der Waals surface area contributed by atoms with Crippen molar-refractivity contribution in [3.63, 3.8) is 0 Å². The molecule has 1 aromatic heterocycles. The third-order valence-corrected chi connectivity index (χ3v) is 5.30. The van der Waals surface area contributed by atoms with Crippen LogP contribution in [-0.2, 0) is 28.9 Å². The zero-order chi connectivity index (χ0) is 25.7. The normalized spacial score (nSPS) is 14.4. The van der Waals surface area contributed by atoms with E-state index in [4.69, 9.17) is 24.8 Å². The van der Waals surface area contributed by atoms with Crippen LogP contribution in [0.15, 0.2) is 63.9 Å². The number of rotatable bonds is 5. The van der Waals surface area contributed by atoms with Gasteiger partial charge in [0.05, 0.1) is 16.5 Å². The van der Waals surface area contributed by atoms with Crippen LogP contribution < -0.4 is 15.4 Å². The molecule has 1 aliphatic rings. The minimum Gasteiger partial charge on any atom is -0.872 e. The van der Waals surface area contributed by atoms with E-state index >= 15 is 0 Å². The van der Waals surface area contributed by atoms with Gasteiger partial charge in [-0.15, -0.1) is 0 Å². The first kappa shape index (κ1) is 28.4. The van der Waals surface area contributed by atoms with Gasteiger partial charge in [-0.1, -0.05) is 35.6 Å². The second-order valence-electron chi connectivity index (χ2n) is 7.58. The third kappa shape index (κ3) is 6.03. The van der Waals surface area contributed by atoms with E-state index in [-0.39, 0.29) is 39.6 Å². The summed E-state index contributed by atoms with van der Waals surface area (Å²) in [5.41, 5.74) is 3.08. The van der Waals surface area contributed by atoms with Crippen molar-refractivity contribution in [3.05, 3.63) is 96.6 Å². The Morgan fingerprint density at radius 1 is 1.17 bits per heavy atom. The van der Waals surface area contributed by atoms with E-state index in [0.29, 0.717) is 23.6 Å². The second kappa shape index (κ2) is 12.2. The largest absolute Gasteiger partial charge is 2.00 e. The van der Waals surface area contributed by atoms with E-state index in [9.17, 15) is 9.90 Å². The van der Waals surface area contributed by atoms with Crippen LogP contribution in [0.4, 0.5) is 5.69 Å². The number of aromatic nitrogens is 2. The zero-order valence-corrected chi connectivity index (χ0v) is 20.9. The van der Waals surface area contributed by atoms with E-state index in [2.05, 4.69) is 4.99 Å². The van der Waals surface area contributed by atoms with Crippen molar-refractivity contribution in [2.45, 2.75) is 27.1 Å². The molecule has 36 heavy (non-hydrogen) atoms. The average Bonchev–Trinajstić information content (AvgIpc) is 3.02. The van der Waals surface area contributed by atoms with E-state index in [1.54, 1.807) is 28.5 Å². The fourth-order valence-electron chi connectivity index (χ4n) is 3.60. The van der Waals surface area contributed by atoms with Crippen molar-refractivity contribution in [1.82, 2.24) is 9.36 Å². The van der Waals surface area contributed by atoms with Crippen molar-refractivity contribution < 1.29 is 36.7 Å². The fourth-order valence-corrected chi connectivity index (χ4v) is 3.60. The fraction of sp³-hybridized carbons (Fsp3) is 0.250. The van der Waals surface area contributed by atoms with Gasteiger partial charge in [-0.2, -0.15) is 0 Å². The van der Waals surface area contributed by atoms with Gasteiger partial charge in [0.25, 0.3) is 5.56 Å². The molecule has 0 spiro atoms. The van der Waals surface area contributed by atoms with E-state index in [1.165, 1.54) is 6.21 Å². The number of nitrogens with zero attached hydrogens (tertiary/aromatic N) is 4. The maximum absolute atomic E-state index is 13.2. The third-order valence-electron chi connectivity index (χ3n) is 5.30. The molecular formula is C24H24CuN4O7. The van der Waals surface area contributed by atoms with Crippen molar-refractivity contribution in [3.8, 4) is 11.4 Å². The molecule has 12 heteroatoms. The molecule has 11 nitrogen and oxygen atoms in total. The summed E-state index contributed by atoms with van der Waals surface area (Å²) in [6.07, 6.45) is 0.518. The standard InChI is InChI=1S/C24H25N3O4.Cu.NO3/c1-5-30-24-19(22(28)18-13-15(2)11-12-20(18)31-24)14-25-21-16(3)26(4)27(23(21)29)17-9-7-6-8-10-17;;2-1(3)4/h6-14,24,28H,5H2,1-4H3;;/q;+2;-1/p-1. The molecule has 1 radical (unpaired) electrons. The number of ether oxygens (including phenoxy) is 2. The Hall–Kier alpha value is -3.86. The van der Waals surface area contributed by atoms with Crippen molar-refractivity contribution in [2.75, 3.05) is 6.61 Å². The van der Waals surface area contributed by atoms with Gasteiger partial charge in [0, 0.05) is 31.0 Å². The van der Waals surface area contributed by atoms with Crippen LogP contribution in [0, 0.1) is 29.2 Å². The zero-order valence-electron chi connectivity index (χ0n) is 19.9. The molecule has 2 heterocycles. The maximum atomic E-state index is 13.2. The summed E-state index contributed by atoms with van der Waals surface area (Å²) in [6, 6.07) is 14.8. The molecule has 1 aliphatic heterocycles. The Balaban J connectivity index is 0.000000850. The number of benzene rings is 2. The molecule has 3 aromatic rings. The summed E-state index contributed by atoms with van der Waals surface area (Å²) in [5, 5.41) is 27.9. The van der Waals surface area contributed by atoms with Crippen LogP contribution in [0.3, 0.4) is 0 Å². The van der Waals surface area contributed by atoms with E-state index < -0.39 is 11.4 Å². The van der Waals surface area contributed by atoms with Gasteiger partial charge in [-0.25, -0.2) is 9.67 Å². The first-order valence-corrected chi connectivity index (χ1v) is 10.7. The first-order chi connectivity index (χ1) is 16.6. The van der Waals surface area contributed by atoms with Crippen molar-refractivity contribution >= 4 is 17.7 Å². The van der Waals surface area contributed by atoms with Crippen LogP contribution in [-0.4, -0.2) is 33.6 Å². The molecule has 0 aliphatic carbocycles. The Morgan fingerprint density at radius 2 is 1.81 bits per heavy atom. The molecule has 0 bridgehead atoms. The molecule has 0 fully saturated rings. The summed E-state index contributed by atoms with van der Waals surface area (Å²) < 4.78 is 14.8. The van der Waals surface area contributed by atoms with Gasteiger partial charge in [0.2, 0.25) is 6.29 Å². The summed E-state index contributed by atoms with van der Waals surface area (Å²) in [5.74, 6) is 0.262. The van der Waals surface area contributed by atoms with Crippen LogP contribution in [0.2, 0.25) is 0 Å². The predicted molar refractivity (Wildman–Crippen MR) is 128 cm³/mol. The molecule has 0 N–H and O–H groups in total. The first-order valence-electron chi connectivity index (χ1n) is 10.7. The molecule has 1 unspecified atom stereocenters. The minimum absolute atomic E-state index is 0. The minimum atomic E-state index is -1.75. The van der Waals surface area contributed by atoms with Crippen LogP contribution in [0.1, 0.15) is 23.7 Å². The van der Waals surface area contributed by atoms with E-state index in [0.717, 1.165) is 11.3 Å². The maximum Gasteiger partial charge on any atom is 2.00 e. The van der Waals surface area contributed by atoms with Crippen LogP contribution in [0.25, 0.3) is 11.4 Å². The molecule has 0 saturated carbocycles. The number of fused-ring (bicyclic) bond motifs is 1. The average molecular weight is 544 g/mol. The number of aliphatic imine (C=N–C) groups is 1. The van der Waals surface area contributed by atoms with E-state index in [1.807, 2.05) is 57.2 Å². The van der Waals surface area contributed by atoms with Crippen molar-refractivity contribution in [2.24, 2.45) is 12.0 Å². The van der Waals surface area contributed by atoms with Gasteiger partial charge in [-0.3, -0.25) is 9.48 Å². The Kier molecular flexibility index (Phi) is 9.62. The van der Waals surface area contributed by atoms with Gasteiger partial charge >= 0.3 is 17.1 Å². The molecule has 1 atom stereocenters. The quantitative estimate of drug-likeness (QED) is 0.208. The monoisotopic (exact) mass is 543 g/mol. The smallest absolute Gasteiger partial charge is 0.872 e. The molecular weight excluding hydrogens is 520 g/mol. The Bertz CT molecular complexity index is 1340. The predicted octanol–water partition coefficient (Wildman–Crippen LogP) is 2.78. The second-order valence-corrected chi connectivity index (χ2v) is 7.58. The van der Waals surface area contributed by atoms with Crippen LogP contribution >= 0.6 is 0 Å². The molecule has 0 saturated heterocycles. The number of aryl methyl sites for hydroxylation is 1. The molecule has 4 rings (SSSR count). The summed E-state index contributed by atoms with van der Waals surface area (Å²) in [6.45, 7) is 5.92. The summed E-state index contributed by atoms with van der Waals surface area (Å²) in [4.78, 5) is 25.8. The number of hydrogen-bond acceptors (Lipinski definition) is 8.